The third-order valence-corrected chi connectivity index (χ3v) is 5.23. The topological polar surface area (TPSA) is 49.4 Å². The van der Waals surface area contributed by atoms with Gasteiger partial charge in [-0.15, -0.1) is 0 Å². The van der Waals surface area contributed by atoms with E-state index in [1.54, 1.807) is 4.90 Å². The molecule has 1 atom stereocenters. The summed E-state index contributed by atoms with van der Waals surface area (Å²) in [7, 11) is 0. The van der Waals surface area contributed by atoms with E-state index in [9.17, 15) is 22.8 Å². The molecule has 2 aromatic carbocycles. The Morgan fingerprint density at radius 3 is 2.38 bits per heavy atom. The van der Waals surface area contributed by atoms with Crippen LogP contribution in [0.3, 0.4) is 0 Å². The molecule has 1 unspecified atom stereocenters. The van der Waals surface area contributed by atoms with Crippen molar-refractivity contribution in [3.63, 3.8) is 0 Å². The smallest absolute Gasteiger partial charge is 0.338 e. The molecular weight excluding hydrogens is 381 g/mol. The minimum atomic E-state index is -4.47. The second-order valence-corrected chi connectivity index (χ2v) is 7.42. The molecule has 1 aliphatic heterocycles. The fourth-order valence-electron chi connectivity index (χ4n) is 3.70. The normalized spacial score (nSPS) is 17.1. The first-order chi connectivity index (χ1) is 13.7. The van der Waals surface area contributed by atoms with Crippen LogP contribution < -0.4 is 5.32 Å². The summed E-state index contributed by atoms with van der Waals surface area (Å²) in [5.74, 6) is -0.952. The Balaban J connectivity index is 1.71. The molecule has 1 saturated heterocycles. The van der Waals surface area contributed by atoms with Crippen molar-refractivity contribution in [2.24, 2.45) is 5.92 Å². The van der Waals surface area contributed by atoms with Gasteiger partial charge in [0, 0.05) is 24.3 Å². The number of carbonyl (C=O) groups is 2. The first-order valence-corrected chi connectivity index (χ1v) is 9.50. The lowest BCUT2D eigenvalue weighted by Gasteiger charge is -2.32. The zero-order valence-electron chi connectivity index (χ0n) is 16.3. The number of halogens is 3. The summed E-state index contributed by atoms with van der Waals surface area (Å²) in [5, 5.41) is 2.57. The van der Waals surface area contributed by atoms with Gasteiger partial charge >= 0.3 is 6.18 Å². The number of amides is 2. The molecule has 154 valence electrons. The maximum atomic E-state index is 13.0. The van der Waals surface area contributed by atoms with Gasteiger partial charge in [0.05, 0.1) is 11.5 Å². The quantitative estimate of drug-likeness (QED) is 0.798. The van der Waals surface area contributed by atoms with Gasteiger partial charge in [-0.05, 0) is 56.0 Å². The zero-order chi connectivity index (χ0) is 21.2. The van der Waals surface area contributed by atoms with Crippen molar-refractivity contribution in [1.29, 1.82) is 0 Å². The first-order valence-electron chi connectivity index (χ1n) is 9.50. The van der Waals surface area contributed by atoms with Crippen LogP contribution in [0.25, 0.3) is 0 Å². The van der Waals surface area contributed by atoms with Crippen LogP contribution in [0.1, 0.15) is 39.9 Å². The van der Waals surface area contributed by atoms with E-state index in [-0.39, 0.29) is 24.0 Å². The maximum absolute atomic E-state index is 13.0. The summed E-state index contributed by atoms with van der Waals surface area (Å²) >= 11 is 0. The van der Waals surface area contributed by atoms with Crippen LogP contribution in [0.2, 0.25) is 0 Å². The fourth-order valence-corrected chi connectivity index (χ4v) is 3.70. The lowest BCUT2D eigenvalue weighted by Crippen LogP contribution is -2.44. The Morgan fingerprint density at radius 2 is 1.72 bits per heavy atom. The van der Waals surface area contributed by atoms with Crippen molar-refractivity contribution in [3.8, 4) is 0 Å². The number of rotatable bonds is 3. The Bertz CT molecular complexity index is 904. The lowest BCUT2D eigenvalue weighted by atomic mass is 9.95. The van der Waals surface area contributed by atoms with Crippen LogP contribution in [-0.2, 0) is 11.0 Å². The molecule has 0 radical (unpaired) electrons. The second-order valence-electron chi connectivity index (χ2n) is 7.42. The van der Waals surface area contributed by atoms with E-state index in [1.807, 2.05) is 32.0 Å². The molecule has 3 rings (SSSR count). The van der Waals surface area contributed by atoms with Crippen molar-refractivity contribution in [3.05, 3.63) is 64.7 Å². The summed E-state index contributed by atoms with van der Waals surface area (Å²) in [6.07, 6.45) is -3.22. The van der Waals surface area contributed by atoms with Crippen LogP contribution in [-0.4, -0.2) is 29.8 Å². The Labute approximate surface area is 167 Å². The molecule has 0 aromatic heterocycles. The number of hydrogen-bond donors (Lipinski definition) is 1. The number of nitrogens with one attached hydrogen (secondary N) is 1. The fraction of sp³-hybridized carbons (Fsp3) is 0.364. The molecule has 1 heterocycles. The van der Waals surface area contributed by atoms with Crippen molar-refractivity contribution >= 4 is 17.5 Å². The third-order valence-electron chi connectivity index (χ3n) is 5.23. The van der Waals surface area contributed by atoms with Crippen LogP contribution in [0, 0.1) is 19.8 Å². The van der Waals surface area contributed by atoms with E-state index in [0.29, 0.717) is 24.9 Å². The molecule has 1 aliphatic rings. The molecule has 4 nitrogen and oxygen atoms in total. The van der Waals surface area contributed by atoms with Crippen molar-refractivity contribution in [2.75, 3.05) is 18.4 Å². The average molecular weight is 404 g/mol. The molecule has 7 heteroatoms. The number of nitrogens with zero attached hydrogens (tertiary/aromatic N) is 1. The molecule has 2 amide bonds. The maximum Gasteiger partial charge on any atom is 0.416 e. The van der Waals surface area contributed by atoms with Gasteiger partial charge in [0.2, 0.25) is 5.91 Å². The highest BCUT2D eigenvalue weighted by Crippen LogP contribution is 2.31. The summed E-state index contributed by atoms with van der Waals surface area (Å²) in [6.45, 7) is 4.56. The van der Waals surface area contributed by atoms with Gasteiger partial charge in [-0.25, -0.2) is 0 Å². The number of carbonyl (C=O) groups excluding carboxylic acids is 2. The van der Waals surface area contributed by atoms with E-state index in [0.717, 1.165) is 23.3 Å². The van der Waals surface area contributed by atoms with E-state index in [1.165, 1.54) is 12.1 Å². The van der Waals surface area contributed by atoms with Gasteiger partial charge in [-0.2, -0.15) is 13.2 Å². The highest BCUT2D eigenvalue weighted by molar-refractivity contribution is 5.98. The minimum absolute atomic E-state index is 0.100. The van der Waals surface area contributed by atoms with Crippen molar-refractivity contribution in [2.45, 2.75) is 32.9 Å². The Hall–Kier alpha value is -2.83. The van der Waals surface area contributed by atoms with Gasteiger partial charge in [-0.1, -0.05) is 24.3 Å². The second kappa shape index (κ2) is 8.27. The molecule has 0 bridgehead atoms. The van der Waals surface area contributed by atoms with Crippen LogP contribution in [0.4, 0.5) is 18.9 Å². The number of hydrogen-bond acceptors (Lipinski definition) is 2. The van der Waals surface area contributed by atoms with Crippen molar-refractivity contribution in [1.82, 2.24) is 4.90 Å². The van der Waals surface area contributed by atoms with Gasteiger partial charge in [0.1, 0.15) is 0 Å². The highest BCUT2D eigenvalue weighted by Gasteiger charge is 2.32. The molecule has 2 aromatic rings. The summed E-state index contributed by atoms with van der Waals surface area (Å²) in [4.78, 5) is 27.3. The van der Waals surface area contributed by atoms with Gasteiger partial charge in [0.15, 0.2) is 0 Å². The number of anilines is 1. The van der Waals surface area contributed by atoms with E-state index < -0.39 is 17.7 Å². The minimum Gasteiger partial charge on any atom is -0.338 e. The third kappa shape index (κ3) is 4.78. The number of benzene rings is 2. The zero-order valence-corrected chi connectivity index (χ0v) is 16.3. The predicted octanol–water partition coefficient (Wildman–Crippen LogP) is 4.81. The highest BCUT2D eigenvalue weighted by atomic mass is 19.4. The Kier molecular flexibility index (Phi) is 5.96. The van der Waals surface area contributed by atoms with Crippen LogP contribution >= 0.6 is 0 Å². The van der Waals surface area contributed by atoms with Crippen LogP contribution in [0.5, 0.6) is 0 Å². The van der Waals surface area contributed by atoms with Crippen LogP contribution in [0.15, 0.2) is 42.5 Å². The molecular formula is C22H23F3N2O2. The first kappa shape index (κ1) is 20.9. The van der Waals surface area contributed by atoms with E-state index in [2.05, 4.69) is 5.32 Å². The number of alkyl halides is 3. The molecule has 1 N–H and O–H groups in total. The molecule has 0 aliphatic carbocycles. The standard InChI is InChI=1S/C22H23F3N2O2/c1-14-6-3-7-15(2)19(14)21(29)27-11-5-8-16(13-27)20(28)26-18-10-4-9-17(12-18)22(23,24)25/h3-4,6-7,9-10,12,16H,5,8,11,13H2,1-2H3,(H,26,28). The van der Waals surface area contributed by atoms with Gasteiger partial charge in [-0.3, -0.25) is 9.59 Å². The Morgan fingerprint density at radius 1 is 1.07 bits per heavy atom. The lowest BCUT2D eigenvalue weighted by molar-refractivity contribution is -0.137. The van der Waals surface area contributed by atoms with E-state index >= 15 is 0 Å². The monoisotopic (exact) mass is 404 g/mol. The average Bonchev–Trinajstić information content (AvgIpc) is 2.67. The summed E-state index contributed by atoms with van der Waals surface area (Å²) in [5.41, 5.74) is 1.69. The predicted molar refractivity (Wildman–Crippen MR) is 105 cm³/mol. The molecule has 0 saturated carbocycles. The molecule has 0 spiro atoms. The summed E-state index contributed by atoms with van der Waals surface area (Å²) < 4.78 is 38.6. The summed E-state index contributed by atoms with van der Waals surface area (Å²) in [6, 6.07) is 10.2. The number of likely N-dealkylation sites (tertiary alicyclic amines) is 1. The molecule has 1 fully saturated rings. The number of piperidine rings is 1. The van der Waals surface area contributed by atoms with Gasteiger partial charge in [0.25, 0.3) is 5.91 Å². The SMILES string of the molecule is Cc1cccc(C)c1C(=O)N1CCCC(C(=O)Nc2cccc(C(F)(F)F)c2)C1. The molecule has 29 heavy (non-hydrogen) atoms. The van der Waals surface area contributed by atoms with Gasteiger partial charge < -0.3 is 10.2 Å². The van der Waals surface area contributed by atoms with E-state index in [4.69, 9.17) is 0 Å². The largest absolute Gasteiger partial charge is 0.416 e. The number of aryl methyl sites for hydroxylation is 2. The van der Waals surface area contributed by atoms with Crippen molar-refractivity contribution < 1.29 is 22.8 Å².